The highest BCUT2D eigenvalue weighted by Gasteiger charge is 2.09. The number of benzene rings is 1. The maximum absolute atomic E-state index is 11.9. The van der Waals surface area contributed by atoms with E-state index in [9.17, 15) is 9.59 Å². The van der Waals surface area contributed by atoms with Crippen molar-refractivity contribution in [1.82, 2.24) is 15.5 Å². The zero-order chi connectivity index (χ0) is 17.9. The van der Waals surface area contributed by atoms with Crippen LogP contribution in [0.4, 0.5) is 0 Å². The topological polar surface area (TPSA) is 70.7 Å². The van der Waals surface area contributed by atoms with Crippen molar-refractivity contribution in [3.05, 3.63) is 34.3 Å². The van der Waals surface area contributed by atoms with Gasteiger partial charge in [-0.25, -0.2) is 0 Å². The van der Waals surface area contributed by atoms with Crippen LogP contribution in [0, 0.1) is 0 Å². The molecule has 0 radical (unpaired) electrons. The molecule has 25 heavy (non-hydrogen) atoms. The van der Waals surface area contributed by atoms with Crippen LogP contribution in [0.2, 0.25) is 0 Å². The molecule has 0 saturated carbocycles. The predicted molar refractivity (Wildman–Crippen MR) is 101 cm³/mol. The molecule has 0 atom stereocenters. The molecule has 0 bridgehead atoms. The molecule has 1 aliphatic rings. The smallest absolute Gasteiger partial charge is 0.251 e. The first-order chi connectivity index (χ1) is 12.1. The highest BCUT2D eigenvalue weighted by molar-refractivity contribution is 9.10. The van der Waals surface area contributed by atoms with Gasteiger partial charge in [0.15, 0.2) is 0 Å². The molecule has 1 heterocycles. The Balaban J connectivity index is 1.49. The Kier molecular flexibility index (Phi) is 8.93. The summed E-state index contributed by atoms with van der Waals surface area (Å²) in [6.07, 6.45) is 2.33. The van der Waals surface area contributed by atoms with Crippen molar-refractivity contribution in [2.45, 2.75) is 19.3 Å². The number of hydrogen-bond donors (Lipinski definition) is 2. The van der Waals surface area contributed by atoms with Gasteiger partial charge in [0, 0.05) is 42.6 Å². The molecule has 0 aromatic heterocycles. The van der Waals surface area contributed by atoms with E-state index in [-0.39, 0.29) is 11.8 Å². The molecule has 0 unspecified atom stereocenters. The van der Waals surface area contributed by atoms with Crippen molar-refractivity contribution < 1.29 is 14.3 Å². The number of carbonyl (C=O) groups excluding carboxylic acids is 2. The Morgan fingerprint density at radius 1 is 1.04 bits per heavy atom. The second kappa shape index (κ2) is 11.2. The van der Waals surface area contributed by atoms with Crippen LogP contribution in [-0.2, 0) is 9.53 Å². The van der Waals surface area contributed by atoms with Crippen LogP contribution in [0.3, 0.4) is 0 Å². The summed E-state index contributed by atoms with van der Waals surface area (Å²) < 4.78 is 6.24. The minimum atomic E-state index is -0.161. The lowest BCUT2D eigenvalue weighted by Gasteiger charge is -2.26. The normalized spacial score (nSPS) is 14.9. The van der Waals surface area contributed by atoms with Crippen LogP contribution >= 0.6 is 15.9 Å². The van der Waals surface area contributed by atoms with E-state index >= 15 is 0 Å². The van der Waals surface area contributed by atoms with E-state index < -0.39 is 0 Å². The summed E-state index contributed by atoms with van der Waals surface area (Å²) in [5.74, 6) is -0.187. The third-order valence-corrected chi connectivity index (χ3v) is 4.60. The zero-order valence-electron chi connectivity index (χ0n) is 14.4. The molecular weight excluding hydrogens is 386 g/mol. The van der Waals surface area contributed by atoms with Crippen molar-refractivity contribution in [2.24, 2.45) is 0 Å². The lowest BCUT2D eigenvalue weighted by Crippen LogP contribution is -2.37. The Morgan fingerprint density at radius 3 is 2.48 bits per heavy atom. The number of nitrogens with zero attached hydrogens (tertiary/aromatic N) is 1. The van der Waals surface area contributed by atoms with Gasteiger partial charge >= 0.3 is 0 Å². The molecule has 138 valence electrons. The lowest BCUT2D eigenvalue weighted by atomic mass is 10.2. The van der Waals surface area contributed by atoms with Crippen molar-refractivity contribution in [3.8, 4) is 0 Å². The first-order valence-corrected chi connectivity index (χ1v) is 9.55. The number of ether oxygens (including phenoxy) is 1. The van der Waals surface area contributed by atoms with E-state index in [1.165, 1.54) is 0 Å². The molecule has 0 aliphatic carbocycles. The van der Waals surface area contributed by atoms with E-state index in [1.807, 2.05) is 12.1 Å². The van der Waals surface area contributed by atoms with Gasteiger partial charge in [-0.05, 0) is 43.7 Å². The number of nitrogens with one attached hydrogen (secondary N) is 2. The molecule has 0 spiro atoms. The number of unbranched alkanes of at least 4 members (excludes halogenated alkanes) is 1. The Labute approximate surface area is 157 Å². The molecule has 6 nitrogen and oxygen atoms in total. The molecule has 2 N–H and O–H groups in total. The lowest BCUT2D eigenvalue weighted by molar-refractivity contribution is -0.120. The Hall–Kier alpha value is -1.44. The Bertz CT molecular complexity index is 545. The summed E-state index contributed by atoms with van der Waals surface area (Å²) in [4.78, 5) is 26.1. The standard InChI is InChI=1S/C18H26BrN3O3/c19-16-5-3-15(4-6-16)18(24)21-9-7-17(23)20-8-1-2-10-22-11-13-25-14-12-22/h3-6H,1-2,7-14H2,(H,20,23)(H,21,24). The molecule has 7 heteroatoms. The van der Waals surface area contributed by atoms with Crippen molar-refractivity contribution in [2.75, 3.05) is 45.9 Å². The van der Waals surface area contributed by atoms with E-state index in [0.717, 1.165) is 50.2 Å². The van der Waals surface area contributed by atoms with Gasteiger partial charge in [-0.15, -0.1) is 0 Å². The summed E-state index contributed by atoms with van der Waals surface area (Å²) in [5.41, 5.74) is 0.590. The van der Waals surface area contributed by atoms with Gasteiger partial charge in [0.2, 0.25) is 5.91 Å². The molecule has 1 fully saturated rings. The second-order valence-electron chi connectivity index (χ2n) is 6.02. The van der Waals surface area contributed by atoms with Gasteiger partial charge in [0.05, 0.1) is 13.2 Å². The fraction of sp³-hybridized carbons (Fsp3) is 0.556. The maximum atomic E-state index is 11.9. The summed E-state index contributed by atoms with van der Waals surface area (Å²) in [7, 11) is 0. The van der Waals surface area contributed by atoms with Crippen molar-refractivity contribution >= 4 is 27.7 Å². The van der Waals surface area contributed by atoms with Gasteiger partial charge < -0.3 is 15.4 Å². The third kappa shape index (κ3) is 7.98. The Morgan fingerprint density at radius 2 is 1.76 bits per heavy atom. The summed E-state index contributed by atoms with van der Waals surface area (Å²) >= 11 is 3.33. The van der Waals surface area contributed by atoms with E-state index in [2.05, 4.69) is 31.5 Å². The maximum Gasteiger partial charge on any atom is 0.251 e. The molecule has 1 aromatic rings. The molecule has 2 rings (SSSR count). The van der Waals surface area contributed by atoms with Gasteiger partial charge in [-0.1, -0.05) is 15.9 Å². The minimum Gasteiger partial charge on any atom is -0.379 e. The number of carbonyl (C=O) groups is 2. The largest absolute Gasteiger partial charge is 0.379 e. The monoisotopic (exact) mass is 411 g/mol. The van der Waals surface area contributed by atoms with Crippen LogP contribution in [-0.4, -0.2) is 62.7 Å². The van der Waals surface area contributed by atoms with Gasteiger partial charge in [0.25, 0.3) is 5.91 Å². The molecular formula is C18H26BrN3O3. The summed E-state index contributed by atoms with van der Waals surface area (Å²) in [6.45, 7) is 5.74. The fourth-order valence-corrected chi connectivity index (χ4v) is 2.86. The number of rotatable bonds is 9. The van der Waals surface area contributed by atoms with E-state index in [1.54, 1.807) is 12.1 Å². The number of morpholine rings is 1. The average Bonchev–Trinajstić information content (AvgIpc) is 2.63. The second-order valence-corrected chi connectivity index (χ2v) is 6.94. The van der Waals surface area contributed by atoms with Gasteiger partial charge in [-0.3, -0.25) is 14.5 Å². The first-order valence-electron chi connectivity index (χ1n) is 8.76. The SMILES string of the molecule is O=C(CCNC(=O)c1ccc(Br)cc1)NCCCCN1CCOCC1. The third-order valence-electron chi connectivity index (χ3n) is 4.07. The van der Waals surface area contributed by atoms with Crippen LogP contribution in [0.15, 0.2) is 28.7 Å². The van der Waals surface area contributed by atoms with E-state index in [0.29, 0.717) is 25.1 Å². The van der Waals surface area contributed by atoms with Crippen LogP contribution in [0.1, 0.15) is 29.6 Å². The summed E-state index contributed by atoms with van der Waals surface area (Å²) in [5, 5.41) is 5.66. The number of hydrogen-bond acceptors (Lipinski definition) is 4. The summed E-state index contributed by atoms with van der Waals surface area (Å²) in [6, 6.07) is 7.12. The molecule has 2 amide bonds. The minimum absolute atomic E-state index is 0.0255. The highest BCUT2D eigenvalue weighted by atomic mass is 79.9. The van der Waals surface area contributed by atoms with Crippen molar-refractivity contribution in [1.29, 1.82) is 0 Å². The quantitative estimate of drug-likeness (QED) is 0.607. The van der Waals surface area contributed by atoms with Gasteiger partial charge in [-0.2, -0.15) is 0 Å². The zero-order valence-corrected chi connectivity index (χ0v) is 16.0. The molecule has 1 saturated heterocycles. The van der Waals surface area contributed by atoms with Gasteiger partial charge in [0.1, 0.15) is 0 Å². The van der Waals surface area contributed by atoms with E-state index in [4.69, 9.17) is 4.74 Å². The van der Waals surface area contributed by atoms with Crippen LogP contribution in [0.5, 0.6) is 0 Å². The number of amides is 2. The van der Waals surface area contributed by atoms with Crippen LogP contribution < -0.4 is 10.6 Å². The molecule has 1 aliphatic heterocycles. The predicted octanol–water partition coefficient (Wildman–Crippen LogP) is 1.80. The van der Waals surface area contributed by atoms with Crippen LogP contribution in [0.25, 0.3) is 0 Å². The molecule has 1 aromatic carbocycles. The van der Waals surface area contributed by atoms with Crippen molar-refractivity contribution in [3.63, 3.8) is 0 Å². The number of halogens is 1. The fourth-order valence-electron chi connectivity index (χ4n) is 2.59. The average molecular weight is 412 g/mol. The highest BCUT2D eigenvalue weighted by Crippen LogP contribution is 2.10. The first kappa shape index (κ1) is 19.9.